The first kappa shape index (κ1) is 15.5. The van der Waals surface area contributed by atoms with Crippen LogP contribution < -0.4 is 15.2 Å². The third-order valence-corrected chi connectivity index (χ3v) is 4.23. The molecule has 3 N–H and O–H groups in total. The average Bonchev–Trinajstić information content (AvgIpc) is 2.43. The van der Waals surface area contributed by atoms with E-state index in [2.05, 4.69) is 4.72 Å². The van der Waals surface area contributed by atoms with E-state index in [0.29, 0.717) is 22.1 Å². The number of nitrogens with two attached hydrogens (primary N) is 1. The maximum absolute atomic E-state index is 11.9. The number of benzene rings is 2. The lowest BCUT2D eigenvalue weighted by atomic mass is 10.3. The summed E-state index contributed by atoms with van der Waals surface area (Å²) in [7, 11) is -3.54. The largest absolute Gasteiger partial charge is 0.490 e. The van der Waals surface area contributed by atoms with Crippen LogP contribution in [-0.2, 0) is 10.0 Å². The summed E-state index contributed by atoms with van der Waals surface area (Å²) in [6.45, 7) is -0.00595. The second-order valence-electron chi connectivity index (χ2n) is 4.29. The molecule has 0 saturated heterocycles. The fourth-order valence-corrected chi connectivity index (χ4v) is 2.79. The maximum Gasteiger partial charge on any atom is 0.236 e. The van der Waals surface area contributed by atoms with Crippen molar-refractivity contribution in [1.29, 1.82) is 0 Å². The van der Waals surface area contributed by atoms with Gasteiger partial charge in [0.2, 0.25) is 10.0 Å². The van der Waals surface area contributed by atoms with E-state index >= 15 is 0 Å². The number of sulfonamides is 1. The molecule has 0 unspecified atom stereocenters. The molecule has 0 aliphatic carbocycles. The van der Waals surface area contributed by atoms with Gasteiger partial charge in [-0.05, 0) is 24.3 Å². The van der Waals surface area contributed by atoms with E-state index in [1.54, 1.807) is 48.5 Å². The Labute approximate surface area is 128 Å². The quantitative estimate of drug-likeness (QED) is 0.800. The number of halogens is 1. The van der Waals surface area contributed by atoms with E-state index < -0.39 is 10.0 Å². The van der Waals surface area contributed by atoms with E-state index in [1.807, 2.05) is 0 Å². The minimum Gasteiger partial charge on any atom is -0.490 e. The molecule has 7 heteroatoms. The van der Waals surface area contributed by atoms with Gasteiger partial charge >= 0.3 is 0 Å². The molecule has 2 rings (SSSR count). The highest BCUT2D eigenvalue weighted by Gasteiger charge is 2.12. The number of para-hydroxylation sites is 3. The van der Waals surface area contributed by atoms with Crippen molar-refractivity contribution in [2.45, 2.75) is 0 Å². The Morgan fingerprint density at radius 2 is 1.76 bits per heavy atom. The van der Waals surface area contributed by atoms with Crippen molar-refractivity contribution < 1.29 is 13.2 Å². The summed E-state index contributed by atoms with van der Waals surface area (Å²) in [6, 6.07) is 13.5. The predicted molar refractivity (Wildman–Crippen MR) is 85.2 cm³/mol. The number of nitrogen functional groups attached to an aromatic ring is 1. The highest BCUT2D eigenvalue weighted by molar-refractivity contribution is 7.92. The molecule has 0 saturated carbocycles. The smallest absolute Gasteiger partial charge is 0.236 e. The van der Waals surface area contributed by atoms with Gasteiger partial charge in [0.1, 0.15) is 18.1 Å². The molecular weight excluding hydrogens is 312 g/mol. The lowest BCUT2D eigenvalue weighted by Gasteiger charge is -2.11. The Morgan fingerprint density at radius 3 is 2.48 bits per heavy atom. The van der Waals surface area contributed by atoms with Crippen LogP contribution in [0.3, 0.4) is 0 Å². The summed E-state index contributed by atoms with van der Waals surface area (Å²) in [5, 5.41) is 0.342. The molecule has 0 bridgehead atoms. The van der Waals surface area contributed by atoms with E-state index in [9.17, 15) is 8.42 Å². The van der Waals surface area contributed by atoms with Crippen molar-refractivity contribution >= 4 is 33.0 Å². The summed E-state index contributed by atoms with van der Waals surface area (Å²) >= 11 is 5.91. The summed E-state index contributed by atoms with van der Waals surface area (Å²) in [4.78, 5) is 0. The SMILES string of the molecule is Nc1ccccc1OCCS(=O)(=O)Nc1ccccc1Cl. The van der Waals surface area contributed by atoms with Gasteiger partial charge in [-0.25, -0.2) is 8.42 Å². The van der Waals surface area contributed by atoms with E-state index in [1.165, 1.54) is 0 Å². The third kappa shape index (κ3) is 4.54. The topological polar surface area (TPSA) is 81.4 Å². The summed E-state index contributed by atoms with van der Waals surface area (Å²) in [5.74, 6) is 0.262. The van der Waals surface area contributed by atoms with Gasteiger partial charge in [0, 0.05) is 0 Å². The molecule has 0 radical (unpaired) electrons. The zero-order valence-corrected chi connectivity index (χ0v) is 12.7. The van der Waals surface area contributed by atoms with Crippen LogP contribution in [0.1, 0.15) is 0 Å². The van der Waals surface area contributed by atoms with Crippen molar-refractivity contribution in [2.75, 3.05) is 22.8 Å². The fourth-order valence-electron chi connectivity index (χ4n) is 1.64. The molecule has 0 heterocycles. The van der Waals surface area contributed by atoms with Crippen molar-refractivity contribution in [1.82, 2.24) is 0 Å². The second-order valence-corrected chi connectivity index (χ2v) is 6.54. The molecule has 0 aliphatic heterocycles. The Morgan fingerprint density at radius 1 is 1.10 bits per heavy atom. The monoisotopic (exact) mass is 326 g/mol. The Bertz CT molecular complexity index is 720. The van der Waals surface area contributed by atoms with Gasteiger partial charge in [0.25, 0.3) is 0 Å². The Balaban J connectivity index is 1.93. The number of nitrogens with one attached hydrogen (secondary N) is 1. The number of rotatable bonds is 6. The normalized spacial score (nSPS) is 11.1. The molecule has 0 atom stereocenters. The first-order valence-corrected chi connectivity index (χ1v) is 8.23. The molecule has 0 amide bonds. The number of hydrogen-bond donors (Lipinski definition) is 2. The standard InChI is InChI=1S/C14H15ClN2O3S/c15-11-5-1-3-7-13(11)17-21(18,19)10-9-20-14-8-4-2-6-12(14)16/h1-8,17H,9-10,16H2. The Hall–Kier alpha value is -1.92. The lowest BCUT2D eigenvalue weighted by molar-refractivity contribution is 0.343. The molecule has 2 aromatic carbocycles. The Kier molecular flexibility index (Phi) is 4.93. The number of anilines is 2. The van der Waals surface area contributed by atoms with Crippen LogP contribution in [0.15, 0.2) is 48.5 Å². The molecule has 0 aliphatic rings. The zero-order valence-electron chi connectivity index (χ0n) is 11.1. The van der Waals surface area contributed by atoms with Crippen molar-refractivity contribution in [3.05, 3.63) is 53.6 Å². The minimum absolute atomic E-state index is 0.00595. The van der Waals surface area contributed by atoms with Gasteiger partial charge in [0.05, 0.1) is 16.4 Å². The zero-order chi connectivity index (χ0) is 15.3. The van der Waals surface area contributed by atoms with Gasteiger partial charge < -0.3 is 10.5 Å². The molecule has 2 aromatic rings. The summed E-state index contributed by atoms with van der Waals surface area (Å²) < 4.78 is 31.7. The van der Waals surface area contributed by atoms with Gasteiger partial charge in [-0.1, -0.05) is 35.9 Å². The van der Waals surface area contributed by atoms with Gasteiger partial charge in [-0.2, -0.15) is 0 Å². The molecule has 0 spiro atoms. The van der Waals surface area contributed by atoms with Crippen LogP contribution >= 0.6 is 11.6 Å². The highest BCUT2D eigenvalue weighted by atomic mass is 35.5. The van der Waals surface area contributed by atoms with E-state index in [-0.39, 0.29) is 12.4 Å². The van der Waals surface area contributed by atoms with Gasteiger partial charge in [0.15, 0.2) is 0 Å². The van der Waals surface area contributed by atoms with Crippen molar-refractivity contribution in [3.63, 3.8) is 0 Å². The molecule has 112 valence electrons. The van der Waals surface area contributed by atoms with Crippen molar-refractivity contribution in [2.24, 2.45) is 0 Å². The number of hydrogen-bond acceptors (Lipinski definition) is 4. The van der Waals surface area contributed by atoms with E-state index in [4.69, 9.17) is 22.1 Å². The van der Waals surface area contributed by atoms with Gasteiger partial charge in [-0.15, -0.1) is 0 Å². The molecular formula is C14H15ClN2O3S. The molecule has 0 fully saturated rings. The highest BCUT2D eigenvalue weighted by Crippen LogP contribution is 2.22. The minimum atomic E-state index is -3.54. The third-order valence-electron chi connectivity index (χ3n) is 2.67. The van der Waals surface area contributed by atoms with Crippen LogP contribution in [0.25, 0.3) is 0 Å². The van der Waals surface area contributed by atoms with Crippen LogP contribution in [0.4, 0.5) is 11.4 Å². The van der Waals surface area contributed by atoms with Crippen molar-refractivity contribution in [3.8, 4) is 5.75 Å². The molecule has 21 heavy (non-hydrogen) atoms. The van der Waals surface area contributed by atoms with Crippen LogP contribution in [0, 0.1) is 0 Å². The molecule has 0 aromatic heterocycles. The van der Waals surface area contributed by atoms with Gasteiger partial charge in [-0.3, -0.25) is 4.72 Å². The van der Waals surface area contributed by atoms with Crippen LogP contribution in [0.5, 0.6) is 5.75 Å². The average molecular weight is 327 g/mol. The predicted octanol–water partition coefficient (Wildman–Crippen LogP) is 2.74. The fraction of sp³-hybridized carbons (Fsp3) is 0.143. The van der Waals surface area contributed by atoms with Crippen LogP contribution in [-0.4, -0.2) is 20.8 Å². The summed E-state index contributed by atoms with van der Waals surface area (Å²) in [5.41, 5.74) is 6.52. The number of ether oxygens (including phenoxy) is 1. The summed E-state index contributed by atoms with van der Waals surface area (Å²) in [6.07, 6.45) is 0. The first-order valence-electron chi connectivity index (χ1n) is 6.20. The molecule has 5 nitrogen and oxygen atoms in total. The van der Waals surface area contributed by atoms with Crippen LogP contribution in [0.2, 0.25) is 5.02 Å². The van der Waals surface area contributed by atoms with E-state index in [0.717, 1.165) is 0 Å². The lowest BCUT2D eigenvalue weighted by Crippen LogP contribution is -2.21. The first-order chi connectivity index (χ1) is 9.98. The maximum atomic E-state index is 11.9. The second kappa shape index (κ2) is 6.69.